The molecule has 2 heteroatoms. The number of benzene rings is 3. The Hall–Kier alpha value is -3.13. The third-order valence-electron chi connectivity index (χ3n) is 4.38. The molecular formula is C22H17NO. The van der Waals surface area contributed by atoms with Crippen LogP contribution < -0.4 is 4.90 Å². The van der Waals surface area contributed by atoms with Crippen molar-refractivity contribution in [3.8, 4) is 0 Å². The van der Waals surface area contributed by atoms with Crippen LogP contribution in [0.5, 0.6) is 0 Å². The van der Waals surface area contributed by atoms with Crippen molar-refractivity contribution in [1.29, 1.82) is 0 Å². The molecule has 0 bridgehead atoms. The van der Waals surface area contributed by atoms with E-state index in [1.54, 1.807) is 0 Å². The van der Waals surface area contributed by atoms with Crippen molar-refractivity contribution in [3.05, 3.63) is 102 Å². The van der Waals surface area contributed by atoms with Gasteiger partial charge in [0.2, 0.25) is 0 Å². The number of hydrogen-bond acceptors (Lipinski definition) is 2. The van der Waals surface area contributed by atoms with Crippen molar-refractivity contribution in [2.45, 2.75) is 6.04 Å². The molecule has 1 aliphatic rings. The molecule has 0 aromatic heterocycles. The third kappa shape index (κ3) is 2.42. The Morgan fingerprint density at radius 3 is 2.08 bits per heavy atom. The molecule has 1 heterocycles. The fraction of sp³-hybridized carbons (Fsp3) is 0.0455. The molecule has 3 aromatic carbocycles. The van der Waals surface area contributed by atoms with Crippen LogP contribution in [0.25, 0.3) is 11.8 Å². The van der Waals surface area contributed by atoms with E-state index in [1.807, 2.05) is 66.7 Å². The highest BCUT2D eigenvalue weighted by Crippen LogP contribution is 2.40. The van der Waals surface area contributed by atoms with E-state index in [4.69, 9.17) is 0 Å². The van der Waals surface area contributed by atoms with Gasteiger partial charge in [0.15, 0.2) is 0 Å². The van der Waals surface area contributed by atoms with Gasteiger partial charge in [0, 0.05) is 11.4 Å². The SMILES string of the molecule is O=CC1c2ccccc2C=C(c2ccccc2)N1c1ccccc1. The molecule has 1 atom stereocenters. The molecule has 4 rings (SSSR count). The van der Waals surface area contributed by atoms with Crippen LogP contribution in [-0.2, 0) is 4.79 Å². The van der Waals surface area contributed by atoms with Gasteiger partial charge >= 0.3 is 0 Å². The molecule has 1 aliphatic heterocycles. The molecule has 0 fully saturated rings. The molecule has 1 unspecified atom stereocenters. The van der Waals surface area contributed by atoms with Gasteiger partial charge in [-0.1, -0.05) is 72.8 Å². The molecule has 24 heavy (non-hydrogen) atoms. The van der Waals surface area contributed by atoms with E-state index < -0.39 is 0 Å². The molecule has 0 radical (unpaired) electrons. The predicted molar refractivity (Wildman–Crippen MR) is 98.5 cm³/mol. The molecule has 3 aromatic rings. The fourth-order valence-corrected chi connectivity index (χ4v) is 3.27. The van der Waals surface area contributed by atoms with Crippen molar-refractivity contribution in [1.82, 2.24) is 0 Å². The van der Waals surface area contributed by atoms with Crippen LogP contribution in [0.1, 0.15) is 22.7 Å². The van der Waals surface area contributed by atoms with Gasteiger partial charge in [0.05, 0.1) is 0 Å². The Bertz CT molecular complexity index is 884. The van der Waals surface area contributed by atoms with Crippen LogP contribution in [0.3, 0.4) is 0 Å². The highest BCUT2D eigenvalue weighted by atomic mass is 16.1. The molecule has 0 amide bonds. The number of rotatable bonds is 3. The highest BCUT2D eigenvalue weighted by molar-refractivity contribution is 5.97. The lowest BCUT2D eigenvalue weighted by atomic mass is 9.92. The third-order valence-corrected chi connectivity index (χ3v) is 4.38. The van der Waals surface area contributed by atoms with Crippen LogP contribution in [0.15, 0.2) is 84.9 Å². The van der Waals surface area contributed by atoms with Gasteiger partial charge in [-0.25, -0.2) is 0 Å². The van der Waals surface area contributed by atoms with Gasteiger partial charge < -0.3 is 9.69 Å². The minimum Gasteiger partial charge on any atom is -0.327 e. The van der Waals surface area contributed by atoms with Gasteiger partial charge in [-0.2, -0.15) is 0 Å². The second-order valence-electron chi connectivity index (χ2n) is 5.81. The maximum absolute atomic E-state index is 12.0. The van der Waals surface area contributed by atoms with E-state index in [9.17, 15) is 4.79 Å². The summed E-state index contributed by atoms with van der Waals surface area (Å²) in [6.07, 6.45) is 3.19. The number of anilines is 1. The van der Waals surface area contributed by atoms with E-state index in [1.165, 1.54) is 0 Å². The summed E-state index contributed by atoms with van der Waals surface area (Å²) >= 11 is 0. The summed E-state index contributed by atoms with van der Waals surface area (Å²) in [6.45, 7) is 0. The second-order valence-corrected chi connectivity index (χ2v) is 5.81. The minimum atomic E-state index is -0.330. The van der Waals surface area contributed by atoms with Crippen molar-refractivity contribution >= 4 is 23.7 Å². The predicted octanol–water partition coefficient (Wildman–Crippen LogP) is 4.94. The monoisotopic (exact) mass is 311 g/mol. The molecule has 0 spiro atoms. The summed E-state index contributed by atoms with van der Waals surface area (Å²) in [6, 6.07) is 28.1. The lowest BCUT2D eigenvalue weighted by molar-refractivity contribution is -0.108. The lowest BCUT2D eigenvalue weighted by Gasteiger charge is -2.37. The first kappa shape index (κ1) is 14.5. The highest BCUT2D eigenvalue weighted by Gasteiger charge is 2.29. The van der Waals surface area contributed by atoms with E-state index in [0.717, 1.165) is 34.4 Å². The van der Waals surface area contributed by atoms with Crippen molar-refractivity contribution in [3.63, 3.8) is 0 Å². The van der Waals surface area contributed by atoms with Gasteiger partial charge in [0.25, 0.3) is 0 Å². The van der Waals surface area contributed by atoms with E-state index in [-0.39, 0.29) is 6.04 Å². The fourth-order valence-electron chi connectivity index (χ4n) is 3.27. The summed E-state index contributed by atoms with van der Waals surface area (Å²) in [5.41, 5.74) is 5.29. The largest absolute Gasteiger partial charge is 0.327 e. The van der Waals surface area contributed by atoms with E-state index in [2.05, 4.69) is 29.2 Å². The zero-order chi connectivity index (χ0) is 16.4. The Morgan fingerprint density at radius 2 is 1.38 bits per heavy atom. The van der Waals surface area contributed by atoms with Crippen molar-refractivity contribution in [2.75, 3.05) is 4.90 Å². The maximum atomic E-state index is 12.0. The number of aldehydes is 1. The first-order valence-electron chi connectivity index (χ1n) is 8.04. The quantitative estimate of drug-likeness (QED) is 0.638. The number of hydrogen-bond donors (Lipinski definition) is 0. The first-order valence-corrected chi connectivity index (χ1v) is 8.04. The van der Waals surface area contributed by atoms with E-state index >= 15 is 0 Å². The van der Waals surface area contributed by atoms with E-state index in [0.29, 0.717) is 0 Å². The van der Waals surface area contributed by atoms with Gasteiger partial charge in [-0.3, -0.25) is 0 Å². The Labute approximate surface area is 141 Å². The summed E-state index contributed by atoms with van der Waals surface area (Å²) in [5, 5.41) is 0. The van der Waals surface area contributed by atoms with Crippen LogP contribution in [0.2, 0.25) is 0 Å². The summed E-state index contributed by atoms with van der Waals surface area (Å²) in [4.78, 5) is 14.1. The second kappa shape index (κ2) is 6.17. The maximum Gasteiger partial charge on any atom is 0.147 e. The average molecular weight is 311 g/mol. The zero-order valence-electron chi connectivity index (χ0n) is 13.2. The van der Waals surface area contributed by atoms with Gasteiger partial charge in [-0.15, -0.1) is 0 Å². The Morgan fingerprint density at radius 1 is 0.750 bits per heavy atom. The van der Waals surface area contributed by atoms with Gasteiger partial charge in [0.1, 0.15) is 12.3 Å². The Kier molecular flexibility index (Phi) is 3.72. The summed E-state index contributed by atoms with van der Waals surface area (Å²) in [5.74, 6) is 0. The van der Waals surface area contributed by atoms with Crippen LogP contribution in [0, 0.1) is 0 Å². The number of carbonyl (C=O) groups excluding carboxylic acids is 1. The average Bonchev–Trinajstić information content (AvgIpc) is 2.67. The van der Waals surface area contributed by atoms with Gasteiger partial charge in [-0.05, 0) is 34.9 Å². The lowest BCUT2D eigenvalue weighted by Crippen LogP contribution is -2.31. The molecule has 0 aliphatic carbocycles. The molecule has 0 saturated carbocycles. The smallest absolute Gasteiger partial charge is 0.147 e. The number of fused-ring (bicyclic) bond motifs is 1. The number of carbonyl (C=O) groups is 1. The molecular weight excluding hydrogens is 294 g/mol. The van der Waals surface area contributed by atoms with Crippen molar-refractivity contribution in [2.24, 2.45) is 0 Å². The topological polar surface area (TPSA) is 20.3 Å². The Balaban J connectivity index is 1.96. The summed E-state index contributed by atoms with van der Waals surface area (Å²) < 4.78 is 0. The zero-order valence-corrected chi connectivity index (χ0v) is 13.2. The van der Waals surface area contributed by atoms with Crippen LogP contribution in [0.4, 0.5) is 5.69 Å². The minimum absolute atomic E-state index is 0.330. The molecule has 2 nitrogen and oxygen atoms in total. The molecule has 0 saturated heterocycles. The van der Waals surface area contributed by atoms with Crippen LogP contribution >= 0.6 is 0 Å². The first-order chi connectivity index (χ1) is 11.9. The number of nitrogens with zero attached hydrogens (tertiary/aromatic N) is 1. The molecule has 116 valence electrons. The molecule has 0 N–H and O–H groups in total. The standard InChI is InChI=1S/C22H17NO/c24-16-22-20-14-8-7-11-18(20)15-21(17-9-3-1-4-10-17)23(22)19-12-5-2-6-13-19/h1-16,22H. The number of para-hydroxylation sites is 1. The van der Waals surface area contributed by atoms with Crippen LogP contribution in [-0.4, -0.2) is 6.29 Å². The normalized spacial score (nSPS) is 16.2. The van der Waals surface area contributed by atoms with Crippen molar-refractivity contribution < 1.29 is 4.79 Å². The summed E-state index contributed by atoms with van der Waals surface area (Å²) in [7, 11) is 0.